The van der Waals surface area contributed by atoms with Gasteiger partial charge in [0, 0.05) is 56.7 Å². The van der Waals surface area contributed by atoms with E-state index in [-0.39, 0.29) is 18.0 Å². The molecule has 3 rings (SSSR count). The fourth-order valence-electron chi connectivity index (χ4n) is 3.32. The highest BCUT2D eigenvalue weighted by molar-refractivity contribution is 5.76. The van der Waals surface area contributed by atoms with E-state index in [4.69, 9.17) is 0 Å². The van der Waals surface area contributed by atoms with Gasteiger partial charge in [0.1, 0.15) is 11.9 Å². The minimum Gasteiger partial charge on any atom is -0.352 e. The third kappa shape index (κ3) is 4.14. The SMILES string of the molecule is Cc1cc(C)n(CCC(=O)N2CCN(c3ncccc3C#N)CC2)c(=O)n1. The first kappa shape index (κ1) is 18.6. The second kappa shape index (κ2) is 7.99. The molecule has 27 heavy (non-hydrogen) atoms. The van der Waals surface area contributed by atoms with Gasteiger partial charge in [0.25, 0.3) is 0 Å². The van der Waals surface area contributed by atoms with Crippen LogP contribution in [0.3, 0.4) is 0 Å². The lowest BCUT2D eigenvalue weighted by molar-refractivity contribution is -0.131. The van der Waals surface area contributed by atoms with Crippen molar-refractivity contribution in [1.29, 1.82) is 5.26 Å². The van der Waals surface area contributed by atoms with Crippen LogP contribution >= 0.6 is 0 Å². The summed E-state index contributed by atoms with van der Waals surface area (Å²) in [7, 11) is 0. The second-order valence-electron chi connectivity index (χ2n) is 6.58. The van der Waals surface area contributed by atoms with Crippen molar-refractivity contribution in [3.05, 3.63) is 51.8 Å². The Morgan fingerprint density at radius 2 is 2.00 bits per heavy atom. The molecule has 0 aromatic carbocycles. The average molecular weight is 366 g/mol. The van der Waals surface area contributed by atoms with Gasteiger partial charge >= 0.3 is 5.69 Å². The van der Waals surface area contributed by atoms with Crippen molar-refractivity contribution in [3.8, 4) is 6.07 Å². The summed E-state index contributed by atoms with van der Waals surface area (Å²) < 4.78 is 1.54. The Morgan fingerprint density at radius 3 is 2.67 bits per heavy atom. The molecule has 8 nitrogen and oxygen atoms in total. The van der Waals surface area contributed by atoms with E-state index >= 15 is 0 Å². The quantitative estimate of drug-likeness (QED) is 0.797. The van der Waals surface area contributed by atoms with Crippen LogP contribution in [0.25, 0.3) is 0 Å². The lowest BCUT2D eigenvalue weighted by Gasteiger charge is -2.35. The Hall–Kier alpha value is -3.21. The molecule has 0 N–H and O–H groups in total. The number of hydrogen-bond donors (Lipinski definition) is 0. The molecule has 140 valence electrons. The lowest BCUT2D eigenvalue weighted by Crippen LogP contribution is -2.49. The van der Waals surface area contributed by atoms with Gasteiger partial charge in [-0.05, 0) is 32.0 Å². The van der Waals surface area contributed by atoms with Crippen LogP contribution in [0.4, 0.5) is 5.82 Å². The van der Waals surface area contributed by atoms with Gasteiger partial charge in [-0.1, -0.05) is 0 Å². The summed E-state index contributed by atoms with van der Waals surface area (Å²) in [4.78, 5) is 36.6. The van der Waals surface area contributed by atoms with E-state index in [1.165, 1.54) is 4.57 Å². The van der Waals surface area contributed by atoms with E-state index in [0.717, 1.165) is 5.69 Å². The number of piperazine rings is 1. The molecule has 1 aliphatic rings. The van der Waals surface area contributed by atoms with E-state index in [9.17, 15) is 14.9 Å². The third-order valence-electron chi connectivity index (χ3n) is 4.73. The summed E-state index contributed by atoms with van der Waals surface area (Å²) in [5.74, 6) is 0.683. The summed E-state index contributed by atoms with van der Waals surface area (Å²) in [6.07, 6.45) is 1.93. The van der Waals surface area contributed by atoms with Crippen molar-refractivity contribution >= 4 is 11.7 Å². The molecule has 1 saturated heterocycles. The summed E-state index contributed by atoms with van der Waals surface area (Å²) in [5.41, 5.74) is 1.72. The zero-order chi connectivity index (χ0) is 19.4. The van der Waals surface area contributed by atoms with Crippen LogP contribution in [-0.2, 0) is 11.3 Å². The van der Waals surface area contributed by atoms with Gasteiger partial charge in [-0.15, -0.1) is 0 Å². The largest absolute Gasteiger partial charge is 0.352 e. The minimum atomic E-state index is -0.315. The fraction of sp³-hybridized carbons (Fsp3) is 0.421. The number of aryl methyl sites for hydroxylation is 2. The van der Waals surface area contributed by atoms with Crippen molar-refractivity contribution in [2.75, 3.05) is 31.1 Å². The van der Waals surface area contributed by atoms with Crippen molar-refractivity contribution in [3.63, 3.8) is 0 Å². The molecule has 8 heteroatoms. The van der Waals surface area contributed by atoms with Crippen LogP contribution in [0.2, 0.25) is 0 Å². The Morgan fingerprint density at radius 1 is 1.26 bits per heavy atom. The number of nitriles is 1. The zero-order valence-corrected chi connectivity index (χ0v) is 15.6. The maximum atomic E-state index is 12.5. The molecule has 2 aromatic rings. The molecular formula is C19H22N6O2. The van der Waals surface area contributed by atoms with Gasteiger partial charge < -0.3 is 9.80 Å². The zero-order valence-electron chi connectivity index (χ0n) is 15.6. The minimum absolute atomic E-state index is 0.0167. The molecule has 1 fully saturated rings. The molecule has 2 aromatic heterocycles. The number of pyridine rings is 1. The van der Waals surface area contributed by atoms with Crippen LogP contribution in [0.5, 0.6) is 0 Å². The predicted octanol–water partition coefficient (Wildman–Crippen LogP) is 0.866. The molecule has 0 atom stereocenters. The van der Waals surface area contributed by atoms with Crippen LogP contribution < -0.4 is 10.6 Å². The normalized spacial score (nSPS) is 14.1. The summed E-state index contributed by atoms with van der Waals surface area (Å²) in [6.45, 7) is 6.35. The topological polar surface area (TPSA) is 95.1 Å². The predicted molar refractivity (Wildman–Crippen MR) is 100 cm³/mol. The summed E-state index contributed by atoms with van der Waals surface area (Å²) in [6, 6.07) is 7.48. The highest BCUT2D eigenvalue weighted by Crippen LogP contribution is 2.18. The standard InChI is InChI=1S/C19H22N6O2/c1-14-12-15(2)25(19(27)22-14)7-5-17(26)23-8-10-24(11-9-23)18-16(13-20)4-3-6-21-18/h3-4,6,12H,5,7-11H2,1-2H3. The first-order valence-electron chi connectivity index (χ1n) is 8.92. The Kier molecular flexibility index (Phi) is 5.50. The van der Waals surface area contributed by atoms with Gasteiger partial charge in [-0.3, -0.25) is 9.36 Å². The molecule has 1 amide bonds. The molecule has 0 bridgehead atoms. The average Bonchev–Trinajstić information content (AvgIpc) is 2.67. The van der Waals surface area contributed by atoms with Crippen molar-refractivity contribution in [1.82, 2.24) is 19.4 Å². The molecule has 0 saturated carbocycles. The number of hydrogen-bond acceptors (Lipinski definition) is 6. The Bertz CT molecular complexity index is 938. The van der Waals surface area contributed by atoms with E-state index in [0.29, 0.717) is 49.8 Å². The molecule has 0 spiro atoms. The van der Waals surface area contributed by atoms with Gasteiger partial charge in [0.2, 0.25) is 5.91 Å². The third-order valence-corrected chi connectivity index (χ3v) is 4.73. The molecule has 3 heterocycles. The van der Waals surface area contributed by atoms with Crippen molar-refractivity contribution < 1.29 is 4.79 Å². The molecular weight excluding hydrogens is 344 g/mol. The maximum Gasteiger partial charge on any atom is 0.347 e. The Labute approximate surface area is 157 Å². The number of rotatable bonds is 4. The van der Waals surface area contributed by atoms with Crippen LogP contribution in [0.1, 0.15) is 23.4 Å². The molecule has 0 radical (unpaired) electrons. The van der Waals surface area contributed by atoms with E-state index in [1.54, 1.807) is 30.2 Å². The first-order valence-corrected chi connectivity index (χ1v) is 8.92. The van der Waals surface area contributed by atoms with Crippen molar-refractivity contribution in [2.24, 2.45) is 0 Å². The second-order valence-corrected chi connectivity index (χ2v) is 6.58. The number of aromatic nitrogens is 3. The molecule has 0 unspecified atom stereocenters. The highest BCUT2D eigenvalue weighted by Gasteiger charge is 2.23. The lowest BCUT2D eigenvalue weighted by atomic mass is 10.2. The molecule has 1 aliphatic heterocycles. The Balaban J connectivity index is 1.58. The summed E-state index contributed by atoms with van der Waals surface area (Å²) in [5, 5.41) is 9.22. The maximum absolute atomic E-state index is 12.5. The van der Waals surface area contributed by atoms with Gasteiger partial charge in [0.15, 0.2) is 0 Å². The monoisotopic (exact) mass is 366 g/mol. The number of nitrogens with zero attached hydrogens (tertiary/aromatic N) is 6. The van der Waals surface area contributed by atoms with Crippen LogP contribution in [0.15, 0.2) is 29.2 Å². The van der Waals surface area contributed by atoms with Crippen LogP contribution in [-0.4, -0.2) is 51.5 Å². The number of carbonyl (C=O) groups excluding carboxylic acids is 1. The van der Waals surface area contributed by atoms with E-state index in [2.05, 4.69) is 16.0 Å². The highest BCUT2D eigenvalue weighted by atomic mass is 16.2. The molecule has 0 aliphatic carbocycles. The fourth-order valence-corrected chi connectivity index (χ4v) is 3.32. The van der Waals surface area contributed by atoms with Gasteiger partial charge in [-0.25, -0.2) is 9.78 Å². The van der Waals surface area contributed by atoms with Gasteiger partial charge in [0.05, 0.1) is 5.56 Å². The number of anilines is 1. The van der Waals surface area contributed by atoms with E-state index < -0.39 is 0 Å². The first-order chi connectivity index (χ1) is 13.0. The van der Waals surface area contributed by atoms with Gasteiger partial charge in [-0.2, -0.15) is 10.2 Å². The number of amides is 1. The van der Waals surface area contributed by atoms with Crippen molar-refractivity contribution in [2.45, 2.75) is 26.8 Å². The summed E-state index contributed by atoms with van der Waals surface area (Å²) >= 11 is 0. The smallest absolute Gasteiger partial charge is 0.347 e. The number of carbonyl (C=O) groups is 1. The van der Waals surface area contributed by atoms with E-state index in [1.807, 2.05) is 17.9 Å². The van der Waals surface area contributed by atoms with Crippen LogP contribution in [0, 0.1) is 25.2 Å².